The maximum Gasteiger partial charge on any atom is 0.255 e. The van der Waals surface area contributed by atoms with Crippen LogP contribution in [0.3, 0.4) is 0 Å². The number of amides is 2. The third kappa shape index (κ3) is 4.43. The number of aryl methyl sites for hydroxylation is 2. The van der Waals surface area contributed by atoms with E-state index in [9.17, 15) is 9.59 Å². The molecule has 0 aliphatic carbocycles. The fourth-order valence-electron chi connectivity index (χ4n) is 2.32. The first-order chi connectivity index (χ1) is 11.5. The average molecular weight is 326 g/mol. The number of nitrogens with one attached hydrogen (secondary N) is 2. The van der Waals surface area contributed by atoms with Crippen molar-refractivity contribution in [3.8, 4) is 0 Å². The van der Waals surface area contributed by atoms with Crippen LogP contribution in [0.1, 0.15) is 31.8 Å². The van der Waals surface area contributed by atoms with E-state index in [1.807, 2.05) is 32.0 Å². The SMILES string of the molecule is COCCNC(=O)c1ccccc1NC(=O)c1cc(C)ccc1C. The third-order valence-corrected chi connectivity index (χ3v) is 3.65. The fourth-order valence-corrected chi connectivity index (χ4v) is 2.32. The van der Waals surface area contributed by atoms with Gasteiger partial charge in [-0.15, -0.1) is 0 Å². The number of benzene rings is 2. The van der Waals surface area contributed by atoms with Crippen LogP contribution in [-0.2, 0) is 4.74 Å². The topological polar surface area (TPSA) is 67.4 Å². The molecule has 0 bridgehead atoms. The molecular weight excluding hydrogens is 304 g/mol. The number of carbonyl (C=O) groups excluding carboxylic acids is 2. The van der Waals surface area contributed by atoms with E-state index in [4.69, 9.17) is 4.74 Å². The van der Waals surface area contributed by atoms with E-state index < -0.39 is 0 Å². The van der Waals surface area contributed by atoms with Crippen LogP contribution in [0, 0.1) is 13.8 Å². The van der Waals surface area contributed by atoms with Gasteiger partial charge in [0.15, 0.2) is 0 Å². The quantitative estimate of drug-likeness (QED) is 0.802. The molecule has 2 amide bonds. The molecule has 2 aromatic rings. The highest BCUT2D eigenvalue weighted by Crippen LogP contribution is 2.18. The van der Waals surface area contributed by atoms with E-state index in [-0.39, 0.29) is 11.8 Å². The Bertz CT molecular complexity index is 741. The lowest BCUT2D eigenvalue weighted by molar-refractivity contribution is 0.0938. The normalized spacial score (nSPS) is 10.3. The standard InChI is InChI=1S/C19H22N2O3/c1-13-8-9-14(2)16(12-13)19(23)21-17-7-5-4-6-15(17)18(22)20-10-11-24-3/h4-9,12H,10-11H2,1-3H3,(H,20,22)(H,21,23). The summed E-state index contributed by atoms with van der Waals surface area (Å²) in [4.78, 5) is 24.8. The lowest BCUT2D eigenvalue weighted by Gasteiger charge is -2.12. The highest BCUT2D eigenvalue weighted by molar-refractivity contribution is 6.09. The number of hydrogen-bond acceptors (Lipinski definition) is 3. The Morgan fingerprint density at radius 1 is 1.00 bits per heavy atom. The van der Waals surface area contributed by atoms with Gasteiger partial charge in [0.25, 0.3) is 11.8 Å². The monoisotopic (exact) mass is 326 g/mol. The fraction of sp³-hybridized carbons (Fsp3) is 0.263. The van der Waals surface area contributed by atoms with Crippen LogP contribution >= 0.6 is 0 Å². The van der Waals surface area contributed by atoms with Crippen molar-refractivity contribution < 1.29 is 14.3 Å². The zero-order valence-corrected chi connectivity index (χ0v) is 14.2. The molecule has 0 saturated heterocycles. The van der Waals surface area contributed by atoms with Gasteiger partial charge in [0.1, 0.15) is 0 Å². The van der Waals surface area contributed by atoms with Crippen LogP contribution in [0.5, 0.6) is 0 Å². The van der Waals surface area contributed by atoms with Crippen LogP contribution in [0.4, 0.5) is 5.69 Å². The molecule has 5 heteroatoms. The molecule has 0 radical (unpaired) electrons. The van der Waals surface area contributed by atoms with Crippen LogP contribution in [0.2, 0.25) is 0 Å². The molecule has 0 aliphatic heterocycles. The molecule has 0 spiro atoms. The number of ether oxygens (including phenoxy) is 1. The summed E-state index contributed by atoms with van der Waals surface area (Å²) >= 11 is 0. The van der Waals surface area contributed by atoms with E-state index in [2.05, 4.69) is 10.6 Å². The van der Waals surface area contributed by atoms with E-state index in [0.717, 1.165) is 11.1 Å². The van der Waals surface area contributed by atoms with E-state index in [1.54, 1.807) is 31.4 Å². The molecule has 0 aliphatic rings. The van der Waals surface area contributed by atoms with E-state index in [1.165, 1.54) is 0 Å². The minimum absolute atomic E-state index is 0.228. The number of anilines is 1. The Labute approximate surface area is 142 Å². The van der Waals surface area contributed by atoms with Gasteiger partial charge in [-0.3, -0.25) is 9.59 Å². The van der Waals surface area contributed by atoms with Crippen molar-refractivity contribution in [2.75, 3.05) is 25.6 Å². The van der Waals surface area contributed by atoms with Gasteiger partial charge in [-0.25, -0.2) is 0 Å². The second-order valence-electron chi connectivity index (χ2n) is 5.57. The Morgan fingerprint density at radius 3 is 2.50 bits per heavy atom. The van der Waals surface area contributed by atoms with Crippen molar-refractivity contribution in [1.82, 2.24) is 5.32 Å². The molecule has 2 rings (SSSR count). The summed E-state index contributed by atoms with van der Waals surface area (Å²) in [6.07, 6.45) is 0. The Morgan fingerprint density at radius 2 is 1.75 bits per heavy atom. The third-order valence-electron chi connectivity index (χ3n) is 3.65. The molecule has 0 heterocycles. The number of rotatable bonds is 6. The van der Waals surface area contributed by atoms with Crippen molar-refractivity contribution in [1.29, 1.82) is 0 Å². The first-order valence-corrected chi connectivity index (χ1v) is 7.77. The van der Waals surface area contributed by atoms with Gasteiger partial charge in [-0.2, -0.15) is 0 Å². The smallest absolute Gasteiger partial charge is 0.255 e. The lowest BCUT2D eigenvalue weighted by Crippen LogP contribution is -2.28. The van der Waals surface area contributed by atoms with Crippen molar-refractivity contribution in [2.24, 2.45) is 0 Å². The van der Waals surface area contributed by atoms with Crippen molar-refractivity contribution in [2.45, 2.75) is 13.8 Å². The highest BCUT2D eigenvalue weighted by atomic mass is 16.5. The Balaban J connectivity index is 2.19. The largest absolute Gasteiger partial charge is 0.383 e. The molecule has 0 atom stereocenters. The van der Waals surface area contributed by atoms with Gasteiger partial charge < -0.3 is 15.4 Å². The average Bonchev–Trinajstić information content (AvgIpc) is 2.57. The van der Waals surface area contributed by atoms with Crippen LogP contribution < -0.4 is 10.6 Å². The summed E-state index contributed by atoms with van der Waals surface area (Å²) in [6.45, 7) is 4.67. The summed E-state index contributed by atoms with van der Waals surface area (Å²) in [6, 6.07) is 12.7. The minimum Gasteiger partial charge on any atom is -0.383 e. The zero-order valence-electron chi connectivity index (χ0n) is 14.2. The highest BCUT2D eigenvalue weighted by Gasteiger charge is 2.15. The number of methoxy groups -OCH3 is 1. The molecular formula is C19H22N2O3. The van der Waals surface area contributed by atoms with Crippen molar-refractivity contribution in [3.05, 3.63) is 64.7 Å². The van der Waals surface area contributed by atoms with Crippen LogP contribution in [0.15, 0.2) is 42.5 Å². The maximum atomic E-state index is 12.6. The van der Waals surface area contributed by atoms with Gasteiger partial charge in [0.05, 0.1) is 17.9 Å². The first-order valence-electron chi connectivity index (χ1n) is 7.77. The van der Waals surface area contributed by atoms with Crippen LogP contribution in [-0.4, -0.2) is 32.1 Å². The number of carbonyl (C=O) groups is 2. The van der Waals surface area contributed by atoms with E-state index >= 15 is 0 Å². The number of hydrogen-bond donors (Lipinski definition) is 2. The van der Waals surface area contributed by atoms with Gasteiger partial charge in [-0.1, -0.05) is 29.8 Å². The summed E-state index contributed by atoms with van der Waals surface area (Å²) in [5.41, 5.74) is 3.41. The van der Waals surface area contributed by atoms with Crippen LogP contribution in [0.25, 0.3) is 0 Å². The molecule has 2 N–H and O–H groups in total. The molecule has 2 aromatic carbocycles. The second-order valence-corrected chi connectivity index (χ2v) is 5.57. The molecule has 0 unspecified atom stereocenters. The lowest BCUT2D eigenvalue weighted by atomic mass is 10.0. The number of para-hydroxylation sites is 1. The van der Waals surface area contributed by atoms with Gasteiger partial charge in [0, 0.05) is 19.2 Å². The molecule has 0 saturated carbocycles. The molecule has 0 aromatic heterocycles. The van der Waals surface area contributed by atoms with Crippen molar-refractivity contribution in [3.63, 3.8) is 0 Å². The van der Waals surface area contributed by atoms with E-state index in [0.29, 0.717) is 30.0 Å². The van der Waals surface area contributed by atoms with Gasteiger partial charge in [-0.05, 0) is 37.6 Å². The first kappa shape index (κ1) is 17.7. The molecule has 24 heavy (non-hydrogen) atoms. The van der Waals surface area contributed by atoms with Gasteiger partial charge in [0.2, 0.25) is 0 Å². The summed E-state index contributed by atoms with van der Waals surface area (Å²) in [7, 11) is 1.57. The maximum absolute atomic E-state index is 12.6. The minimum atomic E-state index is -0.246. The molecule has 0 fully saturated rings. The summed E-state index contributed by atoms with van der Waals surface area (Å²) in [5, 5.41) is 5.59. The second kappa shape index (κ2) is 8.26. The molecule has 126 valence electrons. The van der Waals surface area contributed by atoms with Crippen molar-refractivity contribution >= 4 is 17.5 Å². The Kier molecular flexibility index (Phi) is 6.09. The zero-order chi connectivity index (χ0) is 17.5. The predicted octanol–water partition coefficient (Wildman–Crippen LogP) is 2.93. The predicted molar refractivity (Wildman–Crippen MR) is 94.5 cm³/mol. The summed E-state index contributed by atoms with van der Waals surface area (Å²) < 4.78 is 4.92. The Hall–Kier alpha value is -2.66. The molecule has 5 nitrogen and oxygen atoms in total. The summed E-state index contributed by atoms with van der Waals surface area (Å²) in [5.74, 6) is -0.475. The van der Waals surface area contributed by atoms with Gasteiger partial charge >= 0.3 is 0 Å².